The van der Waals surface area contributed by atoms with Gasteiger partial charge in [-0.2, -0.15) is 0 Å². The minimum Gasteiger partial charge on any atom is -0.387 e. The summed E-state index contributed by atoms with van der Waals surface area (Å²) in [5.74, 6) is -1.89. The van der Waals surface area contributed by atoms with Gasteiger partial charge in [-0.3, -0.25) is 4.79 Å². The normalized spacial score (nSPS) is 21.0. The van der Waals surface area contributed by atoms with Gasteiger partial charge in [0.15, 0.2) is 11.6 Å². The van der Waals surface area contributed by atoms with Crippen LogP contribution in [0.5, 0.6) is 0 Å². The lowest BCUT2D eigenvalue weighted by Crippen LogP contribution is -2.30. The molecule has 122 valence electrons. The zero-order valence-electron chi connectivity index (χ0n) is 12.6. The second kappa shape index (κ2) is 6.37. The van der Waals surface area contributed by atoms with E-state index in [1.807, 2.05) is 19.1 Å². The molecule has 1 aromatic carbocycles. The highest BCUT2D eigenvalue weighted by molar-refractivity contribution is 7.12. The Morgan fingerprint density at radius 1 is 1.35 bits per heavy atom. The standard InChI is InChI=1S/C17H17F2NO2S/c1-9-2-5-16(23-9)11-7-12(11)17(22)20-8-15(21)10-3-4-13(18)14(19)6-10/h2-6,11-12,15,21H,7-8H2,1H3,(H,20,22)/t11-,12+,15+/m1/s1. The summed E-state index contributed by atoms with van der Waals surface area (Å²) in [5, 5.41) is 12.7. The van der Waals surface area contributed by atoms with Crippen LogP contribution in [-0.4, -0.2) is 17.6 Å². The van der Waals surface area contributed by atoms with Crippen molar-refractivity contribution in [3.63, 3.8) is 0 Å². The molecule has 3 atom stereocenters. The summed E-state index contributed by atoms with van der Waals surface area (Å²) in [6.07, 6.45) is -0.247. The van der Waals surface area contributed by atoms with Crippen molar-refractivity contribution in [3.8, 4) is 0 Å². The number of rotatable bonds is 5. The topological polar surface area (TPSA) is 49.3 Å². The van der Waals surface area contributed by atoms with Gasteiger partial charge < -0.3 is 10.4 Å². The van der Waals surface area contributed by atoms with Crippen LogP contribution in [-0.2, 0) is 4.79 Å². The average Bonchev–Trinajstić information content (AvgIpc) is 3.22. The first-order valence-electron chi connectivity index (χ1n) is 7.42. The Morgan fingerprint density at radius 2 is 2.13 bits per heavy atom. The molecule has 1 aromatic heterocycles. The molecule has 1 heterocycles. The Labute approximate surface area is 137 Å². The monoisotopic (exact) mass is 337 g/mol. The molecule has 0 aliphatic heterocycles. The fraction of sp³-hybridized carbons (Fsp3) is 0.353. The number of thiophene rings is 1. The molecule has 2 aromatic rings. The van der Waals surface area contributed by atoms with E-state index >= 15 is 0 Å². The van der Waals surface area contributed by atoms with Gasteiger partial charge in [0.2, 0.25) is 5.91 Å². The number of carbonyl (C=O) groups excluding carboxylic acids is 1. The molecule has 1 aliphatic carbocycles. The Balaban J connectivity index is 1.52. The van der Waals surface area contributed by atoms with Gasteiger partial charge in [0, 0.05) is 28.1 Å². The van der Waals surface area contributed by atoms with Gasteiger partial charge in [0.25, 0.3) is 0 Å². The number of hydrogen-bond acceptors (Lipinski definition) is 3. The second-order valence-electron chi connectivity index (χ2n) is 5.83. The maximum atomic E-state index is 13.1. The van der Waals surface area contributed by atoms with Crippen molar-refractivity contribution < 1.29 is 18.7 Å². The van der Waals surface area contributed by atoms with Crippen LogP contribution in [0.25, 0.3) is 0 Å². The van der Waals surface area contributed by atoms with Crippen molar-refractivity contribution in [2.75, 3.05) is 6.54 Å². The molecule has 2 N–H and O–H groups in total. The third-order valence-corrected chi connectivity index (χ3v) is 5.18. The van der Waals surface area contributed by atoms with Crippen LogP contribution < -0.4 is 5.32 Å². The van der Waals surface area contributed by atoms with Crippen molar-refractivity contribution in [1.82, 2.24) is 5.32 Å². The van der Waals surface area contributed by atoms with Gasteiger partial charge in [-0.25, -0.2) is 8.78 Å². The number of carbonyl (C=O) groups is 1. The van der Waals surface area contributed by atoms with E-state index < -0.39 is 17.7 Å². The van der Waals surface area contributed by atoms with Crippen LogP contribution >= 0.6 is 11.3 Å². The first-order valence-corrected chi connectivity index (χ1v) is 8.24. The number of halogens is 2. The Kier molecular flexibility index (Phi) is 4.46. The van der Waals surface area contributed by atoms with Gasteiger partial charge in [-0.1, -0.05) is 6.07 Å². The number of aliphatic hydroxyl groups is 1. The summed E-state index contributed by atoms with van der Waals surface area (Å²) in [6.45, 7) is 2.01. The van der Waals surface area contributed by atoms with Gasteiger partial charge in [0.1, 0.15) is 0 Å². The minimum absolute atomic E-state index is 0.0173. The van der Waals surface area contributed by atoms with Crippen molar-refractivity contribution in [1.29, 1.82) is 0 Å². The molecule has 0 spiro atoms. The van der Waals surface area contributed by atoms with E-state index in [0.717, 1.165) is 18.6 Å². The molecule has 1 aliphatic rings. The molecule has 0 radical (unpaired) electrons. The summed E-state index contributed by atoms with van der Waals surface area (Å²) in [4.78, 5) is 14.5. The molecular formula is C17H17F2NO2S. The van der Waals surface area contributed by atoms with E-state index in [1.54, 1.807) is 11.3 Å². The quantitative estimate of drug-likeness (QED) is 0.880. The number of nitrogens with one attached hydrogen (secondary N) is 1. The number of aliphatic hydroxyl groups excluding tert-OH is 1. The highest BCUT2D eigenvalue weighted by atomic mass is 32.1. The first kappa shape index (κ1) is 16.1. The first-order chi connectivity index (χ1) is 11.0. The summed E-state index contributed by atoms with van der Waals surface area (Å²) in [7, 11) is 0. The highest BCUT2D eigenvalue weighted by Crippen LogP contribution is 2.49. The van der Waals surface area contributed by atoms with E-state index in [4.69, 9.17) is 0 Å². The van der Waals surface area contributed by atoms with Crippen LogP contribution in [0.3, 0.4) is 0 Å². The second-order valence-corrected chi connectivity index (χ2v) is 7.15. The van der Waals surface area contributed by atoms with E-state index in [9.17, 15) is 18.7 Å². The van der Waals surface area contributed by atoms with E-state index in [1.165, 1.54) is 15.8 Å². The van der Waals surface area contributed by atoms with Gasteiger partial charge in [0.05, 0.1) is 6.10 Å². The van der Waals surface area contributed by atoms with Gasteiger partial charge in [-0.15, -0.1) is 11.3 Å². The third kappa shape index (κ3) is 3.59. The molecular weight excluding hydrogens is 320 g/mol. The Bertz CT molecular complexity index is 731. The molecule has 0 saturated heterocycles. The molecule has 6 heteroatoms. The van der Waals surface area contributed by atoms with Crippen LogP contribution in [0, 0.1) is 24.5 Å². The van der Waals surface area contributed by atoms with Gasteiger partial charge >= 0.3 is 0 Å². The van der Waals surface area contributed by atoms with Crippen molar-refractivity contribution in [2.45, 2.75) is 25.4 Å². The third-order valence-electron chi connectivity index (χ3n) is 4.05. The van der Waals surface area contributed by atoms with Crippen molar-refractivity contribution in [3.05, 3.63) is 57.3 Å². The zero-order chi connectivity index (χ0) is 16.6. The lowest BCUT2D eigenvalue weighted by Gasteiger charge is -2.12. The summed E-state index contributed by atoms with van der Waals surface area (Å²) in [5.41, 5.74) is 0.241. The van der Waals surface area contributed by atoms with Crippen LogP contribution in [0.4, 0.5) is 8.78 Å². The highest BCUT2D eigenvalue weighted by Gasteiger charge is 2.44. The number of benzene rings is 1. The van der Waals surface area contributed by atoms with Gasteiger partial charge in [-0.05, 0) is 43.2 Å². The molecule has 1 amide bonds. The molecule has 1 saturated carbocycles. The smallest absolute Gasteiger partial charge is 0.223 e. The summed E-state index contributed by atoms with van der Waals surface area (Å²) >= 11 is 1.70. The molecule has 0 bridgehead atoms. The average molecular weight is 337 g/mol. The predicted molar refractivity (Wildman–Crippen MR) is 84.2 cm³/mol. The Hall–Kier alpha value is -1.79. The lowest BCUT2D eigenvalue weighted by atomic mass is 10.1. The molecule has 3 rings (SSSR count). The van der Waals surface area contributed by atoms with E-state index in [-0.39, 0.29) is 29.9 Å². The molecule has 1 fully saturated rings. The SMILES string of the molecule is Cc1ccc([C@@H]2C[C@@H]2C(=O)NC[C@H](O)c2ccc(F)c(F)c2)s1. The summed E-state index contributed by atoms with van der Waals surface area (Å²) < 4.78 is 26.0. The summed E-state index contributed by atoms with van der Waals surface area (Å²) in [6, 6.07) is 7.31. The number of hydrogen-bond donors (Lipinski definition) is 2. The fourth-order valence-electron chi connectivity index (χ4n) is 2.62. The minimum atomic E-state index is -1.06. The van der Waals surface area contributed by atoms with Crippen LogP contribution in [0.1, 0.15) is 33.8 Å². The van der Waals surface area contributed by atoms with E-state index in [0.29, 0.717) is 0 Å². The Morgan fingerprint density at radius 3 is 2.78 bits per heavy atom. The molecule has 23 heavy (non-hydrogen) atoms. The molecule has 3 nitrogen and oxygen atoms in total. The zero-order valence-corrected chi connectivity index (χ0v) is 13.4. The number of aryl methyl sites for hydroxylation is 1. The predicted octanol–water partition coefficient (Wildman–Crippen LogP) is 3.29. The maximum absolute atomic E-state index is 13.1. The number of amides is 1. The molecule has 0 unspecified atom stereocenters. The van der Waals surface area contributed by atoms with Crippen molar-refractivity contribution in [2.24, 2.45) is 5.92 Å². The van der Waals surface area contributed by atoms with E-state index in [2.05, 4.69) is 5.32 Å². The van der Waals surface area contributed by atoms with Crippen LogP contribution in [0.2, 0.25) is 0 Å². The maximum Gasteiger partial charge on any atom is 0.223 e. The largest absolute Gasteiger partial charge is 0.387 e. The fourth-order valence-corrected chi connectivity index (χ4v) is 3.67. The van der Waals surface area contributed by atoms with Crippen LogP contribution in [0.15, 0.2) is 30.3 Å². The lowest BCUT2D eigenvalue weighted by molar-refractivity contribution is -0.122. The van der Waals surface area contributed by atoms with Crippen molar-refractivity contribution >= 4 is 17.2 Å².